The van der Waals surface area contributed by atoms with E-state index in [1.165, 1.54) is 0 Å². The van der Waals surface area contributed by atoms with Gasteiger partial charge in [-0.05, 0) is 31.7 Å². The summed E-state index contributed by atoms with van der Waals surface area (Å²) in [6, 6.07) is 16.9. The van der Waals surface area contributed by atoms with E-state index in [1.54, 1.807) is 30.6 Å². The zero-order chi connectivity index (χ0) is 18.5. The summed E-state index contributed by atoms with van der Waals surface area (Å²) in [5.74, 6) is 0.267. The van der Waals surface area contributed by atoms with Crippen LogP contribution in [0, 0.1) is 0 Å². The Morgan fingerprint density at radius 3 is 2.62 bits per heavy atom. The highest BCUT2D eigenvalue weighted by Gasteiger charge is 2.32. The van der Waals surface area contributed by atoms with E-state index in [0.717, 1.165) is 16.1 Å². The molecule has 1 aliphatic heterocycles. The SMILES string of the molecule is CN[C@@H](C)C(=O)NC1CSc2ccccc2N(Cc2ccccc2)C1=O. The molecule has 2 N–H and O–H groups in total. The van der Waals surface area contributed by atoms with E-state index in [4.69, 9.17) is 0 Å². The molecule has 0 saturated heterocycles. The molecule has 0 aliphatic carbocycles. The van der Waals surface area contributed by atoms with Crippen LogP contribution in [0.25, 0.3) is 0 Å². The molecule has 1 aliphatic rings. The number of carbonyl (C=O) groups excluding carboxylic acids is 2. The van der Waals surface area contributed by atoms with Gasteiger partial charge in [-0.2, -0.15) is 0 Å². The summed E-state index contributed by atoms with van der Waals surface area (Å²) in [6.07, 6.45) is 0. The van der Waals surface area contributed by atoms with Gasteiger partial charge in [0.1, 0.15) is 6.04 Å². The van der Waals surface area contributed by atoms with Gasteiger partial charge in [0.05, 0.1) is 18.3 Å². The van der Waals surface area contributed by atoms with Crippen molar-refractivity contribution >= 4 is 29.3 Å². The van der Waals surface area contributed by atoms with E-state index < -0.39 is 6.04 Å². The zero-order valence-corrected chi connectivity index (χ0v) is 15.8. The minimum Gasteiger partial charge on any atom is -0.342 e. The van der Waals surface area contributed by atoms with Crippen LogP contribution in [0.3, 0.4) is 0 Å². The summed E-state index contributed by atoms with van der Waals surface area (Å²) in [5, 5.41) is 5.81. The predicted octanol–water partition coefficient (Wildman–Crippen LogP) is 2.42. The number of nitrogens with zero attached hydrogens (tertiary/aromatic N) is 1. The van der Waals surface area contributed by atoms with Gasteiger partial charge in [-0.15, -0.1) is 11.8 Å². The van der Waals surface area contributed by atoms with Gasteiger partial charge in [0.15, 0.2) is 0 Å². The molecule has 2 aromatic rings. The minimum absolute atomic E-state index is 0.0806. The molecule has 136 valence electrons. The highest BCUT2D eigenvalue weighted by Crippen LogP contribution is 2.35. The fourth-order valence-electron chi connectivity index (χ4n) is 2.81. The summed E-state index contributed by atoms with van der Waals surface area (Å²) in [6.45, 7) is 2.26. The maximum atomic E-state index is 13.2. The van der Waals surface area contributed by atoms with Gasteiger partial charge in [-0.1, -0.05) is 42.5 Å². The van der Waals surface area contributed by atoms with Gasteiger partial charge in [0.25, 0.3) is 5.91 Å². The quantitative estimate of drug-likeness (QED) is 0.850. The number of nitrogens with one attached hydrogen (secondary N) is 2. The molecule has 0 fully saturated rings. The van der Waals surface area contributed by atoms with E-state index in [0.29, 0.717) is 12.3 Å². The average molecular weight is 369 g/mol. The first-order valence-electron chi connectivity index (χ1n) is 8.65. The van der Waals surface area contributed by atoms with Crippen molar-refractivity contribution in [3.63, 3.8) is 0 Å². The molecular formula is C20H23N3O2S. The second kappa shape index (κ2) is 8.38. The smallest absolute Gasteiger partial charge is 0.250 e. The number of hydrogen-bond acceptors (Lipinski definition) is 4. The number of thioether (sulfide) groups is 1. The van der Waals surface area contributed by atoms with Crippen LogP contribution in [-0.2, 0) is 16.1 Å². The normalized spacial score (nSPS) is 18.0. The summed E-state index contributed by atoms with van der Waals surface area (Å²) in [7, 11) is 1.73. The van der Waals surface area contributed by atoms with E-state index >= 15 is 0 Å². The van der Waals surface area contributed by atoms with Crippen molar-refractivity contribution in [2.24, 2.45) is 0 Å². The van der Waals surface area contributed by atoms with Crippen LogP contribution >= 0.6 is 11.8 Å². The van der Waals surface area contributed by atoms with E-state index in [1.807, 2.05) is 54.6 Å². The Kier molecular flexibility index (Phi) is 5.96. The first-order valence-corrected chi connectivity index (χ1v) is 9.63. The van der Waals surface area contributed by atoms with Gasteiger partial charge < -0.3 is 15.5 Å². The van der Waals surface area contributed by atoms with Gasteiger partial charge in [0.2, 0.25) is 5.91 Å². The predicted molar refractivity (Wildman–Crippen MR) is 105 cm³/mol. The van der Waals surface area contributed by atoms with Crippen molar-refractivity contribution in [1.82, 2.24) is 10.6 Å². The minimum atomic E-state index is -0.556. The number of benzene rings is 2. The number of anilines is 1. The highest BCUT2D eigenvalue weighted by atomic mass is 32.2. The molecule has 1 unspecified atom stereocenters. The Balaban J connectivity index is 1.89. The fraction of sp³-hybridized carbons (Fsp3) is 0.300. The number of hydrogen-bond donors (Lipinski definition) is 2. The largest absolute Gasteiger partial charge is 0.342 e. The van der Waals surface area contributed by atoms with E-state index in [9.17, 15) is 9.59 Å². The number of para-hydroxylation sites is 1. The van der Waals surface area contributed by atoms with Crippen molar-refractivity contribution in [2.75, 3.05) is 17.7 Å². The van der Waals surface area contributed by atoms with Gasteiger partial charge in [0, 0.05) is 10.6 Å². The maximum Gasteiger partial charge on any atom is 0.250 e. The summed E-state index contributed by atoms with van der Waals surface area (Å²) in [5.41, 5.74) is 1.95. The highest BCUT2D eigenvalue weighted by molar-refractivity contribution is 7.99. The Labute approximate surface area is 158 Å². The number of amides is 2. The van der Waals surface area contributed by atoms with Crippen LogP contribution in [0.5, 0.6) is 0 Å². The first kappa shape index (κ1) is 18.5. The molecule has 0 bridgehead atoms. The van der Waals surface area contributed by atoms with Crippen molar-refractivity contribution in [3.8, 4) is 0 Å². The average Bonchev–Trinajstić information content (AvgIpc) is 2.80. The fourth-order valence-corrected chi connectivity index (χ4v) is 3.89. The topological polar surface area (TPSA) is 61.4 Å². The third kappa shape index (κ3) is 4.08. The molecule has 0 spiro atoms. The molecule has 26 heavy (non-hydrogen) atoms. The van der Waals surface area contributed by atoms with Crippen LogP contribution in [0.4, 0.5) is 5.69 Å². The second-order valence-corrected chi connectivity index (χ2v) is 7.32. The van der Waals surface area contributed by atoms with Crippen molar-refractivity contribution in [3.05, 3.63) is 60.2 Å². The number of rotatable bonds is 5. The lowest BCUT2D eigenvalue weighted by Crippen LogP contribution is -2.53. The van der Waals surface area contributed by atoms with Crippen LogP contribution in [-0.4, -0.2) is 36.7 Å². The Morgan fingerprint density at radius 2 is 1.88 bits per heavy atom. The molecule has 0 saturated carbocycles. The van der Waals surface area contributed by atoms with E-state index in [2.05, 4.69) is 10.6 Å². The van der Waals surface area contributed by atoms with Crippen molar-refractivity contribution in [2.45, 2.75) is 30.4 Å². The van der Waals surface area contributed by atoms with E-state index in [-0.39, 0.29) is 17.9 Å². The molecule has 2 atom stereocenters. The monoisotopic (exact) mass is 369 g/mol. The molecule has 0 radical (unpaired) electrons. The summed E-state index contributed by atoms with van der Waals surface area (Å²) >= 11 is 1.60. The Hall–Kier alpha value is -2.31. The zero-order valence-electron chi connectivity index (χ0n) is 14.9. The number of fused-ring (bicyclic) bond motifs is 1. The molecule has 6 heteroatoms. The second-order valence-electron chi connectivity index (χ2n) is 6.26. The molecule has 0 aromatic heterocycles. The summed E-state index contributed by atoms with van der Waals surface area (Å²) < 4.78 is 0. The molecule has 1 heterocycles. The van der Waals surface area contributed by atoms with Crippen molar-refractivity contribution in [1.29, 1.82) is 0 Å². The lowest BCUT2D eigenvalue weighted by atomic mass is 10.1. The lowest BCUT2D eigenvalue weighted by Gasteiger charge is -2.26. The Morgan fingerprint density at radius 1 is 1.19 bits per heavy atom. The summed E-state index contributed by atoms with van der Waals surface area (Å²) in [4.78, 5) is 28.3. The van der Waals surface area contributed by atoms with Gasteiger partial charge >= 0.3 is 0 Å². The standard InChI is InChI=1S/C20H23N3O2S/c1-14(21-2)19(24)22-16-13-26-18-11-7-6-10-17(18)23(20(16)25)12-15-8-4-3-5-9-15/h3-11,14,16,21H,12-13H2,1-2H3,(H,22,24)/t14-,16?/m0/s1. The molecule has 5 nitrogen and oxygen atoms in total. The van der Waals surface area contributed by atoms with Gasteiger partial charge in [-0.3, -0.25) is 9.59 Å². The third-order valence-electron chi connectivity index (χ3n) is 4.45. The van der Waals surface area contributed by atoms with Crippen molar-refractivity contribution < 1.29 is 9.59 Å². The molecule has 2 aromatic carbocycles. The molecular weight excluding hydrogens is 346 g/mol. The van der Waals surface area contributed by atoms with Crippen LogP contribution in [0.2, 0.25) is 0 Å². The third-order valence-corrected chi connectivity index (χ3v) is 5.61. The molecule has 3 rings (SSSR count). The maximum absolute atomic E-state index is 13.2. The van der Waals surface area contributed by atoms with Gasteiger partial charge in [-0.25, -0.2) is 0 Å². The number of carbonyl (C=O) groups is 2. The Bertz CT molecular complexity index is 782. The first-order chi connectivity index (χ1) is 12.6. The number of likely N-dealkylation sites (N-methyl/N-ethyl adjacent to an activating group) is 1. The lowest BCUT2D eigenvalue weighted by molar-refractivity contribution is -0.128. The van der Waals surface area contributed by atoms with Crippen LogP contribution < -0.4 is 15.5 Å². The van der Waals surface area contributed by atoms with Crippen LogP contribution in [0.15, 0.2) is 59.5 Å². The van der Waals surface area contributed by atoms with Crippen LogP contribution in [0.1, 0.15) is 12.5 Å². The molecule has 2 amide bonds.